The van der Waals surface area contributed by atoms with Crippen molar-refractivity contribution in [3.05, 3.63) is 23.8 Å². The first-order chi connectivity index (χ1) is 4.25. The van der Waals surface area contributed by atoms with Gasteiger partial charge in [0.15, 0.2) is 0 Å². The molecule has 1 rings (SSSR count). The maximum atomic E-state index is 5.77. The van der Waals surface area contributed by atoms with Crippen LogP contribution in [0.5, 0.6) is 0 Å². The minimum absolute atomic E-state index is 0.685. The fourth-order valence-corrected chi connectivity index (χ4v) is 0.823. The van der Waals surface area contributed by atoms with Crippen LogP contribution in [-0.2, 0) is 13.5 Å². The molecule has 3 heteroatoms. The highest BCUT2D eigenvalue weighted by atomic mass is 35.5. The number of halogens is 1. The van der Waals surface area contributed by atoms with Gasteiger partial charge in [-0.25, -0.2) is 0 Å². The molecule has 0 fully saturated rings. The summed E-state index contributed by atoms with van der Waals surface area (Å²) in [5, 5.41) is 4.62. The number of nitrogens with zero attached hydrogens (tertiary/aromatic N) is 2. The van der Waals surface area contributed by atoms with Gasteiger partial charge in [-0.05, 0) is 13.3 Å². The highest BCUT2D eigenvalue weighted by Gasteiger charge is 2.00. The van der Waals surface area contributed by atoms with Gasteiger partial charge in [-0.15, -0.1) is 0 Å². The standard InChI is InChI=1S/C6H8ClN2/c1-3-5-4-8-9(2)6(5)7/h4H,1,3H2,2H3. The Morgan fingerprint density at radius 3 is 2.78 bits per heavy atom. The van der Waals surface area contributed by atoms with E-state index < -0.39 is 0 Å². The van der Waals surface area contributed by atoms with Gasteiger partial charge in [0.2, 0.25) is 0 Å². The summed E-state index contributed by atoms with van der Waals surface area (Å²) in [5.41, 5.74) is 0.999. The van der Waals surface area contributed by atoms with E-state index in [-0.39, 0.29) is 0 Å². The molecule has 49 valence electrons. The molecule has 1 heterocycles. The van der Waals surface area contributed by atoms with Crippen molar-refractivity contribution in [2.75, 3.05) is 0 Å². The van der Waals surface area contributed by atoms with Gasteiger partial charge < -0.3 is 0 Å². The molecule has 0 aliphatic carbocycles. The molecule has 1 aromatic rings. The Bertz CT molecular complexity index is 205. The molecule has 0 atom stereocenters. The highest BCUT2D eigenvalue weighted by molar-refractivity contribution is 6.30. The van der Waals surface area contributed by atoms with Crippen LogP contribution in [0.2, 0.25) is 5.15 Å². The lowest BCUT2D eigenvalue weighted by molar-refractivity contribution is 0.768. The zero-order valence-electron chi connectivity index (χ0n) is 5.26. The van der Waals surface area contributed by atoms with E-state index in [1.54, 1.807) is 10.9 Å². The molecule has 0 saturated carbocycles. The Morgan fingerprint density at radius 1 is 1.89 bits per heavy atom. The first-order valence-corrected chi connectivity index (χ1v) is 3.09. The number of hydrogen-bond acceptors (Lipinski definition) is 1. The number of aryl methyl sites for hydroxylation is 1. The van der Waals surface area contributed by atoms with Crippen molar-refractivity contribution < 1.29 is 0 Å². The Hall–Kier alpha value is -0.500. The van der Waals surface area contributed by atoms with Crippen molar-refractivity contribution >= 4 is 11.6 Å². The lowest BCUT2D eigenvalue weighted by Gasteiger charge is -1.90. The largest absolute Gasteiger partial charge is 0.257 e. The van der Waals surface area contributed by atoms with Crippen molar-refractivity contribution in [1.29, 1.82) is 0 Å². The van der Waals surface area contributed by atoms with E-state index in [1.165, 1.54) is 0 Å². The third-order valence-corrected chi connectivity index (χ3v) is 1.69. The third kappa shape index (κ3) is 1.08. The van der Waals surface area contributed by atoms with Gasteiger partial charge in [0.25, 0.3) is 0 Å². The fourth-order valence-electron chi connectivity index (χ4n) is 0.636. The Morgan fingerprint density at radius 2 is 2.56 bits per heavy atom. The van der Waals surface area contributed by atoms with E-state index in [0.717, 1.165) is 5.56 Å². The Kier molecular flexibility index (Phi) is 1.76. The van der Waals surface area contributed by atoms with Crippen LogP contribution in [0, 0.1) is 6.92 Å². The van der Waals surface area contributed by atoms with Crippen LogP contribution in [0.3, 0.4) is 0 Å². The summed E-state index contributed by atoms with van der Waals surface area (Å²) >= 11 is 5.77. The molecule has 0 N–H and O–H groups in total. The summed E-state index contributed by atoms with van der Waals surface area (Å²) in [6, 6.07) is 0. The van der Waals surface area contributed by atoms with Gasteiger partial charge in [0.05, 0.1) is 6.20 Å². The number of aromatic nitrogens is 2. The molecular weight excluding hydrogens is 136 g/mol. The lowest BCUT2D eigenvalue weighted by atomic mass is 10.3. The molecule has 2 nitrogen and oxygen atoms in total. The molecule has 1 radical (unpaired) electrons. The molecule has 0 aliphatic heterocycles. The Balaban J connectivity index is 3.04. The monoisotopic (exact) mass is 143 g/mol. The van der Waals surface area contributed by atoms with E-state index in [4.69, 9.17) is 11.6 Å². The number of hydrogen-bond donors (Lipinski definition) is 0. The average Bonchev–Trinajstić information content (AvgIpc) is 2.15. The van der Waals surface area contributed by atoms with Gasteiger partial charge in [0, 0.05) is 12.6 Å². The van der Waals surface area contributed by atoms with Crippen molar-refractivity contribution in [2.24, 2.45) is 7.05 Å². The molecule has 1 aromatic heterocycles. The van der Waals surface area contributed by atoms with E-state index in [1.807, 2.05) is 7.05 Å². The molecular formula is C6H8ClN2. The van der Waals surface area contributed by atoms with Crippen LogP contribution < -0.4 is 0 Å². The second kappa shape index (κ2) is 2.40. The van der Waals surface area contributed by atoms with Crippen LogP contribution in [-0.4, -0.2) is 9.78 Å². The van der Waals surface area contributed by atoms with Gasteiger partial charge >= 0.3 is 0 Å². The molecule has 0 spiro atoms. The smallest absolute Gasteiger partial charge is 0.129 e. The SMILES string of the molecule is [CH2]Cc1cnn(C)c1Cl. The van der Waals surface area contributed by atoms with Crippen molar-refractivity contribution in [1.82, 2.24) is 9.78 Å². The molecule has 0 aromatic carbocycles. The predicted octanol–water partition coefficient (Wildman–Crippen LogP) is 1.45. The molecule has 0 bridgehead atoms. The molecule has 0 saturated heterocycles. The van der Waals surface area contributed by atoms with E-state index in [2.05, 4.69) is 12.0 Å². The zero-order chi connectivity index (χ0) is 6.85. The summed E-state index contributed by atoms with van der Waals surface area (Å²) in [4.78, 5) is 0. The topological polar surface area (TPSA) is 17.8 Å². The van der Waals surface area contributed by atoms with E-state index in [9.17, 15) is 0 Å². The van der Waals surface area contributed by atoms with E-state index in [0.29, 0.717) is 11.6 Å². The third-order valence-electron chi connectivity index (χ3n) is 1.21. The van der Waals surface area contributed by atoms with Crippen molar-refractivity contribution in [2.45, 2.75) is 6.42 Å². The van der Waals surface area contributed by atoms with Crippen LogP contribution in [0.4, 0.5) is 0 Å². The minimum atomic E-state index is 0.685. The van der Waals surface area contributed by atoms with Crippen LogP contribution in [0.1, 0.15) is 5.56 Å². The average molecular weight is 144 g/mol. The van der Waals surface area contributed by atoms with Crippen LogP contribution >= 0.6 is 11.6 Å². The first kappa shape index (κ1) is 6.62. The van der Waals surface area contributed by atoms with Gasteiger partial charge in [-0.3, -0.25) is 4.68 Å². The molecule has 0 amide bonds. The van der Waals surface area contributed by atoms with Crippen molar-refractivity contribution in [3.8, 4) is 0 Å². The van der Waals surface area contributed by atoms with Crippen molar-refractivity contribution in [3.63, 3.8) is 0 Å². The van der Waals surface area contributed by atoms with Gasteiger partial charge in [-0.2, -0.15) is 5.10 Å². The van der Waals surface area contributed by atoms with Gasteiger partial charge in [0.1, 0.15) is 5.15 Å². The second-order valence-corrected chi connectivity index (χ2v) is 2.19. The predicted molar refractivity (Wildman–Crippen MR) is 37.3 cm³/mol. The molecule has 9 heavy (non-hydrogen) atoms. The van der Waals surface area contributed by atoms with E-state index >= 15 is 0 Å². The summed E-state index contributed by atoms with van der Waals surface area (Å²) in [5.74, 6) is 0. The number of rotatable bonds is 1. The summed E-state index contributed by atoms with van der Waals surface area (Å²) in [6.07, 6.45) is 2.43. The fraction of sp³-hybridized carbons (Fsp3) is 0.333. The second-order valence-electron chi connectivity index (χ2n) is 1.83. The summed E-state index contributed by atoms with van der Waals surface area (Å²) in [6.45, 7) is 3.69. The normalized spacial score (nSPS) is 10.1. The minimum Gasteiger partial charge on any atom is -0.257 e. The van der Waals surface area contributed by atoms with Crippen LogP contribution in [0.25, 0.3) is 0 Å². The lowest BCUT2D eigenvalue weighted by Crippen LogP contribution is -1.88. The summed E-state index contributed by atoms with van der Waals surface area (Å²) in [7, 11) is 1.81. The first-order valence-electron chi connectivity index (χ1n) is 2.71. The summed E-state index contributed by atoms with van der Waals surface area (Å²) < 4.78 is 1.63. The molecule has 0 unspecified atom stereocenters. The zero-order valence-corrected chi connectivity index (χ0v) is 6.02. The maximum absolute atomic E-state index is 5.77. The molecule has 0 aliphatic rings. The maximum Gasteiger partial charge on any atom is 0.129 e. The van der Waals surface area contributed by atoms with Gasteiger partial charge in [-0.1, -0.05) is 11.6 Å². The van der Waals surface area contributed by atoms with Crippen LogP contribution in [0.15, 0.2) is 6.20 Å². The quantitative estimate of drug-likeness (QED) is 0.582. The highest BCUT2D eigenvalue weighted by Crippen LogP contribution is 2.13. The Labute approximate surface area is 59.4 Å².